The average Bonchev–Trinajstić information content (AvgIpc) is 3.31. The normalized spacial score (nSPS) is 17.6. The minimum absolute atomic E-state index is 0.0108. The van der Waals surface area contributed by atoms with Gasteiger partial charge < -0.3 is 14.0 Å². The molecule has 2 aromatic heterocycles. The highest BCUT2D eigenvalue weighted by Crippen LogP contribution is 2.32. The molecule has 0 saturated carbocycles. The Kier molecular flexibility index (Phi) is 4.09. The number of hydrogen-bond donors (Lipinski definition) is 0. The van der Waals surface area contributed by atoms with Gasteiger partial charge >= 0.3 is 0 Å². The van der Waals surface area contributed by atoms with Crippen molar-refractivity contribution in [3.05, 3.63) is 60.2 Å². The zero-order valence-corrected chi connectivity index (χ0v) is 14.1. The molecular weight excluding hydrogens is 316 g/mol. The number of rotatable bonds is 3. The number of piperidine rings is 1. The standard InChI is InChI=1S/C19H20N4O2/c1-22-12-7-11-16(22)19(24)23-13-6-5-10-15(23)18-20-17(21-25-18)14-8-3-2-4-9-14/h2-4,7-9,11-12,15H,5-6,10,13H2,1H3. The van der Waals surface area contributed by atoms with E-state index in [9.17, 15) is 4.79 Å². The van der Waals surface area contributed by atoms with Crippen LogP contribution in [0.25, 0.3) is 11.4 Å². The summed E-state index contributed by atoms with van der Waals surface area (Å²) in [6, 6.07) is 13.3. The van der Waals surface area contributed by atoms with Crippen molar-refractivity contribution in [2.45, 2.75) is 25.3 Å². The highest BCUT2D eigenvalue weighted by Gasteiger charge is 2.33. The lowest BCUT2D eigenvalue weighted by molar-refractivity contribution is 0.0551. The van der Waals surface area contributed by atoms with Gasteiger partial charge in [-0.1, -0.05) is 35.5 Å². The van der Waals surface area contributed by atoms with Gasteiger partial charge in [0.15, 0.2) is 0 Å². The monoisotopic (exact) mass is 336 g/mol. The number of carbonyl (C=O) groups excluding carboxylic acids is 1. The van der Waals surface area contributed by atoms with E-state index in [1.807, 2.05) is 65.2 Å². The van der Waals surface area contributed by atoms with Gasteiger partial charge in [-0.15, -0.1) is 0 Å². The van der Waals surface area contributed by atoms with Crippen molar-refractivity contribution in [3.63, 3.8) is 0 Å². The molecule has 6 nitrogen and oxygen atoms in total. The van der Waals surface area contributed by atoms with E-state index in [1.54, 1.807) is 0 Å². The molecule has 1 fully saturated rings. The molecule has 6 heteroatoms. The second-order valence-electron chi connectivity index (χ2n) is 6.34. The number of amides is 1. The molecule has 4 rings (SSSR count). The van der Waals surface area contributed by atoms with Gasteiger partial charge in [0.2, 0.25) is 11.7 Å². The summed E-state index contributed by atoms with van der Waals surface area (Å²) in [6.07, 6.45) is 4.76. The largest absolute Gasteiger partial charge is 0.347 e. The van der Waals surface area contributed by atoms with E-state index in [0.29, 0.717) is 24.0 Å². The van der Waals surface area contributed by atoms with Crippen LogP contribution in [-0.2, 0) is 7.05 Å². The third-order valence-corrected chi connectivity index (χ3v) is 4.69. The van der Waals surface area contributed by atoms with Crippen molar-refractivity contribution in [1.29, 1.82) is 0 Å². The van der Waals surface area contributed by atoms with Gasteiger partial charge in [0, 0.05) is 25.4 Å². The maximum Gasteiger partial charge on any atom is 0.271 e. The van der Waals surface area contributed by atoms with Gasteiger partial charge in [0.1, 0.15) is 11.7 Å². The number of carbonyl (C=O) groups is 1. The molecule has 1 saturated heterocycles. The summed E-state index contributed by atoms with van der Waals surface area (Å²) in [4.78, 5) is 19.4. The van der Waals surface area contributed by atoms with Gasteiger partial charge in [-0.25, -0.2) is 0 Å². The summed E-state index contributed by atoms with van der Waals surface area (Å²) >= 11 is 0. The van der Waals surface area contributed by atoms with Crippen LogP contribution in [-0.4, -0.2) is 32.1 Å². The Morgan fingerprint density at radius 2 is 2.00 bits per heavy atom. The Labute approximate surface area is 146 Å². The fourth-order valence-electron chi connectivity index (χ4n) is 3.34. The molecule has 25 heavy (non-hydrogen) atoms. The molecule has 0 bridgehead atoms. The van der Waals surface area contributed by atoms with Crippen molar-refractivity contribution >= 4 is 5.91 Å². The predicted octanol–water partition coefficient (Wildman–Crippen LogP) is 3.44. The Morgan fingerprint density at radius 1 is 1.16 bits per heavy atom. The summed E-state index contributed by atoms with van der Waals surface area (Å²) in [6.45, 7) is 0.706. The number of nitrogens with zero attached hydrogens (tertiary/aromatic N) is 4. The lowest BCUT2D eigenvalue weighted by Gasteiger charge is -2.33. The van der Waals surface area contributed by atoms with Crippen LogP contribution in [0.2, 0.25) is 0 Å². The highest BCUT2D eigenvalue weighted by atomic mass is 16.5. The summed E-state index contributed by atoms with van der Waals surface area (Å²) < 4.78 is 7.37. The van der Waals surface area contributed by atoms with Crippen LogP contribution in [0.4, 0.5) is 0 Å². The van der Waals surface area contributed by atoms with Gasteiger partial charge in [-0.3, -0.25) is 4.79 Å². The smallest absolute Gasteiger partial charge is 0.271 e. The molecular formula is C19H20N4O2. The summed E-state index contributed by atoms with van der Waals surface area (Å²) in [5, 5.41) is 4.11. The van der Waals surface area contributed by atoms with Gasteiger partial charge in [-0.05, 0) is 31.4 Å². The van der Waals surface area contributed by atoms with Gasteiger partial charge in [-0.2, -0.15) is 4.98 Å². The predicted molar refractivity (Wildman–Crippen MR) is 92.8 cm³/mol. The minimum Gasteiger partial charge on any atom is -0.347 e. The summed E-state index contributed by atoms with van der Waals surface area (Å²) in [5.74, 6) is 1.09. The van der Waals surface area contributed by atoms with Crippen LogP contribution in [0.15, 0.2) is 53.2 Å². The van der Waals surface area contributed by atoms with E-state index < -0.39 is 0 Å². The molecule has 0 aliphatic carbocycles. The molecule has 0 spiro atoms. The van der Waals surface area contributed by atoms with Crippen LogP contribution in [0.1, 0.15) is 41.7 Å². The Morgan fingerprint density at radius 3 is 2.76 bits per heavy atom. The first-order valence-electron chi connectivity index (χ1n) is 8.55. The zero-order chi connectivity index (χ0) is 17.2. The first kappa shape index (κ1) is 15.6. The fourth-order valence-corrected chi connectivity index (χ4v) is 3.34. The average molecular weight is 336 g/mol. The topological polar surface area (TPSA) is 64.2 Å². The maximum atomic E-state index is 13.0. The van der Waals surface area contributed by atoms with E-state index in [1.165, 1.54) is 0 Å². The number of hydrogen-bond acceptors (Lipinski definition) is 4. The number of benzene rings is 1. The minimum atomic E-state index is -0.166. The third-order valence-electron chi connectivity index (χ3n) is 4.69. The van der Waals surface area contributed by atoms with Crippen molar-refractivity contribution < 1.29 is 9.32 Å². The summed E-state index contributed by atoms with van der Waals surface area (Å²) in [7, 11) is 1.88. The molecule has 3 heterocycles. The molecule has 1 atom stereocenters. The van der Waals surface area contributed by atoms with Crippen molar-refractivity contribution in [2.75, 3.05) is 6.54 Å². The Hall–Kier alpha value is -2.89. The lowest BCUT2D eigenvalue weighted by atomic mass is 10.0. The maximum absolute atomic E-state index is 13.0. The van der Waals surface area contributed by atoms with Crippen molar-refractivity contribution in [2.24, 2.45) is 7.05 Å². The van der Waals surface area contributed by atoms with Crippen molar-refractivity contribution in [1.82, 2.24) is 19.6 Å². The second kappa shape index (κ2) is 6.55. The van der Waals surface area contributed by atoms with Gasteiger partial charge in [0.05, 0.1) is 0 Å². The van der Waals surface area contributed by atoms with Gasteiger partial charge in [0.25, 0.3) is 5.91 Å². The lowest BCUT2D eigenvalue weighted by Crippen LogP contribution is -2.39. The second-order valence-corrected chi connectivity index (χ2v) is 6.34. The van der Waals surface area contributed by atoms with E-state index in [2.05, 4.69) is 10.1 Å². The summed E-state index contributed by atoms with van der Waals surface area (Å²) in [5.41, 5.74) is 1.59. The Bertz CT molecular complexity index is 868. The molecule has 0 N–H and O–H groups in total. The first-order chi connectivity index (χ1) is 12.2. The molecule has 1 amide bonds. The highest BCUT2D eigenvalue weighted by molar-refractivity contribution is 5.93. The molecule has 0 radical (unpaired) electrons. The number of aromatic nitrogens is 3. The van der Waals surface area contributed by atoms with E-state index >= 15 is 0 Å². The van der Waals surface area contributed by atoms with Crippen LogP contribution in [0, 0.1) is 0 Å². The fraction of sp³-hybridized carbons (Fsp3) is 0.316. The van der Waals surface area contributed by atoms with Crippen LogP contribution < -0.4 is 0 Å². The van der Waals surface area contributed by atoms with E-state index in [0.717, 1.165) is 24.8 Å². The van der Waals surface area contributed by atoms with Crippen LogP contribution in [0.3, 0.4) is 0 Å². The van der Waals surface area contributed by atoms with E-state index in [4.69, 9.17) is 4.52 Å². The Balaban J connectivity index is 1.63. The van der Waals surface area contributed by atoms with Crippen molar-refractivity contribution in [3.8, 4) is 11.4 Å². The number of likely N-dealkylation sites (tertiary alicyclic amines) is 1. The molecule has 128 valence electrons. The van der Waals surface area contributed by atoms with E-state index in [-0.39, 0.29) is 11.9 Å². The van der Waals surface area contributed by atoms with Crippen LogP contribution >= 0.6 is 0 Å². The third kappa shape index (κ3) is 2.95. The number of aryl methyl sites for hydroxylation is 1. The SMILES string of the molecule is Cn1cccc1C(=O)N1CCCCC1c1nc(-c2ccccc2)no1. The molecule has 1 aliphatic heterocycles. The first-order valence-corrected chi connectivity index (χ1v) is 8.55. The molecule has 1 aromatic carbocycles. The molecule has 1 unspecified atom stereocenters. The zero-order valence-electron chi connectivity index (χ0n) is 14.1. The van der Waals surface area contributed by atoms with Crippen LogP contribution in [0.5, 0.6) is 0 Å². The molecule has 1 aliphatic rings. The molecule has 3 aromatic rings. The quantitative estimate of drug-likeness (QED) is 0.735.